The predicted octanol–water partition coefficient (Wildman–Crippen LogP) is 3.33. The number of hydrogen-bond donors (Lipinski definition) is 0. The number of nitrogens with zero attached hydrogens (tertiary/aromatic N) is 5. The SMILES string of the molecule is C(=C1/CCCN=C1c1cccnc1)/c1ccc(-n2ccnn2)cc1. The summed E-state index contributed by atoms with van der Waals surface area (Å²) in [5.41, 5.74) is 5.58. The molecule has 3 aromatic rings. The zero-order chi connectivity index (χ0) is 16.2. The van der Waals surface area contributed by atoms with E-state index in [1.54, 1.807) is 17.1 Å². The van der Waals surface area contributed by atoms with Gasteiger partial charge in [-0.25, -0.2) is 4.68 Å². The summed E-state index contributed by atoms with van der Waals surface area (Å²) in [7, 11) is 0. The first-order chi connectivity index (χ1) is 11.9. The van der Waals surface area contributed by atoms with Gasteiger partial charge in [-0.2, -0.15) is 0 Å². The predicted molar refractivity (Wildman–Crippen MR) is 94.2 cm³/mol. The minimum atomic E-state index is 0.882. The van der Waals surface area contributed by atoms with Crippen molar-refractivity contribution < 1.29 is 0 Å². The van der Waals surface area contributed by atoms with E-state index < -0.39 is 0 Å². The standard InChI is InChI=1S/C19H17N5/c1-4-17(14-20-9-1)19-16(3-2-10-21-19)13-15-5-7-18(8-6-15)24-12-11-22-23-24/h1,4-9,11-14H,2-3,10H2/b16-13+. The number of hydrogen-bond acceptors (Lipinski definition) is 4. The quantitative estimate of drug-likeness (QED) is 0.745. The zero-order valence-electron chi connectivity index (χ0n) is 13.2. The maximum Gasteiger partial charge on any atom is 0.0697 e. The van der Waals surface area contributed by atoms with Gasteiger partial charge in [-0.3, -0.25) is 9.98 Å². The molecule has 1 aromatic carbocycles. The Morgan fingerprint density at radius 2 is 1.96 bits per heavy atom. The summed E-state index contributed by atoms with van der Waals surface area (Å²) in [6, 6.07) is 12.3. The maximum absolute atomic E-state index is 4.72. The van der Waals surface area contributed by atoms with Crippen molar-refractivity contribution in [1.29, 1.82) is 0 Å². The highest BCUT2D eigenvalue weighted by atomic mass is 15.4. The van der Waals surface area contributed by atoms with Gasteiger partial charge in [0, 0.05) is 24.5 Å². The Kier molecular flexibility index (Phi) is 3.98. The van der Waals surface area contributed by atoms with Crippen LogP contribution in [0.3, 0.4) is 0 Å². The molecule has 2 aromatic heterocycles. The molecule has 1 aliphatic heterocycles. The number of pyridine rings is 1. The lowest BCUT2D eigenvalue weighted by Crippen LogP contribution is -2.11. The Labute approximate surface area is 140 Å². The fraction of sp³-hybridized carbons (Fsp3) is 0.158. The summed E-state index contributed by atoms with van der Waals surface area (Å²) >= 11 is 0. The van der Waals surface area contributed by atoms with Gasteiger partial charge in [0.05, 0.1) is 23.8 Å². The highest BCUT2D eigenvalue weighted by molar-refractivity contribution is 6.15. The van der Waals surface area contributed by atoms with Crippen LogP contribution in [0.2, 0.25) is 0 Å². The van der Waals surface area contributed by atoms with Crippen LogP contribution in [0.25, 0.3) is 11.8 Å². The first kappa shape index (κ1) is 14.5. The molecule has 24 heavy (non-hydrogen) atoms. The molecule has 0 radical (unpaired) electrons. The lowest BCUT2D eigenvalue weighted by Gasteiger charge is -2.16. The van der Waals surface area contributed by atoms with Gasteiger partial charge in [-0.05, 0) is 54.3 Å². The van der Waals surface area contributed by atoms with Crippen molar-refractivity contribution in [3.05, 3.63) is 77.9 Å². The first-order valence-electron chi connectivity index (χ1n) is 8.03. The Balaban J connectivity index is 1.64. The molecule has 0 N–H and O–H groups in total. The van der Waals surface area contributed by atoms with E-state index in [1.807, 2.05) is 30.6 Å². The van der Waals surface area contributed by atoms with Crippen molar-refractivity contribution in [3.63, 3.8) is 0 Å². The monoisotopic (exact) mass is 315 g/mol. The molecule has 1 aliphatic rings. The molecule has 0 saturated carbocycles. The fourth-order valence-corrected chi connectivity index (χ4v) is 2.87. The van der Waals surface area contributed by atoms with Crippen LogP contribution in [-0.4, -0.2) is 32.2 Å². The number of benzene rings is 1. The van der Waals surface area contributed by atoms with E-state index in [0.29, 0.717) is 0 Å². The molecule has 0 bridgehead atoms. The van der Waals surface area contributed by atoms with Crippen molar-refractivity contribution in [2.75, 3.05) is 6.54 Å². The van der Waals surface area contributed by atoms with E-state index in [4.69, 9.17) is 4.99 Å². The molecule has 118 valence electrons. The highest BCUT2D eigenvalue weighted by Gasteiger charge is 2.14. The van der Waals surface area contributed by atoms with Crippen LogP contribution < -0.4 is 0 Å². The van der Waals surface area contributed by atoms with Gasteiger partial charge in [-0.1, -0.05) is 17.3 Å². The van der Waals surface area contributed by atoms with Crippen molar-refractivity contribution in [2.24, 2.45) is 4.99 Å². The molecule has 0 atom stereocenters. The second-order valence-electron chi connectivity index (χ2n) is 5.68. The highest BCUT2D eigenvalue weighted by Crippen LogP contribution is 2.22. The Morgan fingerprint density at radius 3 is 2.71 bits per heavy atom. The van der Waals surface area contributed by atoms with Gasteiger partial charge in [0.1, 0.15) is 0 Å². The summed E-state index contributed by atoms with van der Waals surface area (Å²) in [4.78, 5) is 8.94. The lowest BCUT2D eigenvalue weighted by atomic mass is 9.95. The number of rotatable bonds is 3. The van der Waals surface area contributed by atoms with Crippen LogP contribution in [-0.2, 0) is 0 Å². The summed E-state index contributed by atoms with van der Waals surface area (Å²) < 4.78 is 1.75. The van der Waals surface area contributed by atoms with E-state index in [0.717, 1.165) is 41.9 Å². The molecular weight excluding hydrogens is 298 g/mol. The topological polar surface area (TPSA) is 56.0 Å². The minimum absolute atomic E-state index is 0.882. The first-order valence-corrected chi connectivity index (χ1v) is 8.03. The number of allylic oxidation sites excluding steroid dienone is 1. The van der Waals surface area contributed by atoms with Gasteiger partial charge in [0.25, 0.3) is 0 Å². The van der Waals surface area contributed by atoms with Crippen LogP contribution in [0, 0.1) is 0 Å². The molecule has 5 nitrogen and oxygen atoms in total. The third kappa shape index (κ3) is 3.01. The summed E-state index contributed by atoms with van der Waals surface area (Å²) in [6.45, 7) is 0.882. The molecule has 0 amide bonds. The van der Waals surface area contributed by atoms with E-state index in [9.17, 15) is 0 Å². The van der Waals surface area contributed by atoms with Gasteiger partial charge in [0.2, 0.25) is 0 Å². The summed E-state index contributed by atoms with van der Waals surface area (Å²) in [5, 5.41) is 7.85. The van der Waals surface area contributed by atoms with Crippen LogP contribution >= 0.6 is 0 Å². The third-order valence-electron chi connectivity index (χ3n) is 4.03. The van der Waals surface area contributed by atoms with Gasteiger partial charge in [0.15, 0.2) is 0 Å². The maximum atomic E-state index is 4.72. The van der Waals surface area contributed by atoms with Crippen LogP contribution in [0.1, 0.15) is 24.0 Å². The molecule has 5 heteroatoms. The second kappa shape index (κ2) is 6.58. The largest absolute Gasteiger partial charge is 0.284 e. The van der Waals surface area contributed by atoms with Crippen LogP contribution in [0.5, 0.6) is 0 Å². The molecular formula is C19H17N5. The van der Waals surface area contributed by atoms with Crippen molar-refractivity contribution in [1.82, 2.24) is 20.0 Å². The van der Waals surface area contributed by atoms with Crippen molar-refractivity contribution in [3.8, 4) is 5.69 Å². The minimum Gasteiger partial charge on any atom is -0.284 e. The molecule has 3 heterocycles. The molecule has 0 fully saturated rings. The molecule has 4 rings (SSSR count). The van der Waals surface area contributed by atoms with Crippen molar-refractivity contribution >= 4 is 11.8 Å². The van der Waals surface area contributed by atoms with Crippen molar-refractivity contribution in [2.45, 2.75) is 12.8 Å². The van der Waals surface area contributed by atoms with E-state index in [-0.39, 0.29) is 0 Å². The smallest absolute Gasteiger partial charge is 0.0697 e. The lowest BCUT2D eigenvalue weighted by molar-refractivity contribution is 0.803. The zero-order valence-corrected chi connectivity index (χ0v) is 13.2. The second-order valence-corrected chi connectivity index (χ2v) is 5.68. The van der Waals surface area contributed by atoms with Gasteiger partial charge < -0.3 is 0 Å². The average Bonchev–Trinajstić information content (AvgIpc) is 3.18. The Hall–Kier alpha value is -3.08. The molecule has 0 aliphatic carbocycles. The normalized spacial score (nSPS) is 16.2. The average molecular weight is 315 g/mol. The Bertz CT molecular complexity index is 862. The van der Waals surface area contributed by atoms with E-state index in [2.05, 4.69) is 39.6 Å². The van der Waals surface area contributed by atoms with E-state index >= 15 is 0 Å². The summed E-state index contributed by atoms with van der Waals surface area (Å²) in [6.07, 6.45) is 11.5. The fourth-order valence-electron chi connectivity index (χ4n) is 2.87. The van der Waals surface area contributed by atoms with Crippen LogP contribution in [0.15, 0.2) is 71.8 Å². The summed E-state index contributed by atoms with van der Waals surface area (Å²) in [5.74, 6) is 0. The van der Waals surface area contributed by atoms with Crippen LogP contribution in [0.4, 0.5) is 0 Å². The third-order valence-corrected chi connectivity index (χ3v) is 4.03. The van der Waals surface area contributed by atoms with Gasteiger partial charge in [-0.15, -0.1) is 5.10 Å². The van der Waals surface area contributed by atoms with Gasteiger partial charge >= 0.3 is 0 Å². The molecule has 0 saturated heterocycles. The number of aromatic nitrogens is 4. The van der Waals surface area contributed by atoms with E-state index in [1.165, 1.54) is 5.57 Å². The number of aliphatic imine (C=N–C) groups is 1. The Morgan fingerprint density at radius 1 is 1.04 bits per heavy atom. The molecule has 0 unspecified atom stereocenters. The molecule has 0 spiro atoms.